The van der Waals surface area contributed by atoms with Crippen LogP contribution in [0.1, 0.15) is 26.3 Å². The Hall–Kier alpha value is -2.88. The van der Waals surface area contributed by atoms with Crippen LogP contribution in [0.3, 0.4) is 0 Å². The van der Waals surface area contributed by atoms with Crippen molar-refractivity contribution in [3.05, 3.63) is 58.9 Å². The van der Waals surface area contributed by atoms with Crippen molar-refractivity contribution in [1.82, 2.24) is 9.80 Å². The fourth-order valence-electron chi connectivity index (χ4n) is 4.22. The summed E-state index contributed by atoms with van der Waals surface area (Å²) in [6.07, 6.45) is 3.12. The average molecular weight is 531 g/mol. The van der Waals surface area contributed by atoms with Gasteiger partial charge in [0.25, 0.3) is 5.91 Å². The van der Waals surface area contributed by atoms with Gasteiger partial charge in [-0.3, -0.25) is 9.69 Å². The van der Waals surface area contributed by atoms with E-state index >= 15 is 0 Å². The number of hydrogen-bond donors (Lipinski definition) is 0. The monoisotopic (exact) mass is 530 g/mol. The van der Waals surface area contributed by atoms with Gasteiger partial charge in [-0.1, -0.05) is 23.7 Å². The summed E-state index contributed by atoms with van der Waals surface area (Å²) in [4.78, 5) is 25.3. The standard InChI is InChI=1S/C26H28ClFN4O3S/c1-17-12-32(18(2)11-31(17)13-19-4-7-21(28)8-5-19)24(33)14-34-22-9-6-20(27)10-23(22)35-26(3)15-29-25(36)30-16-26/h4-10,15-18H,11-14H2,1-3H3/t17-,18+/m0/s1. The van der Waals surface area contributed by atoms with E-state index < -0.39 is 5.60 Å². The molecule has 0 radical (unpaired) electrons. The Morgan fingerprint density at radius 3 is 2.50 bits per heavy atom. The van der Waals surface area contributed by atoms with E-state index in [1.54, 1.807) is 49.7 Å². The molecule has 2 aromatic carbocycles. The Bertz CT molecular complexity index is 1170. The Balaban J connectivity index is 1.38. The minimum Gasteiger partial charge on any atom is -0.480 e. The van der Waals surface area contributed by atoms with Gasteiger partial charge in [0.1, 0.15) is 5.82 Å². The second kappa shape index (κ2) is 11.0. The predicted molar refractivity (Wildman–Crippen MR) is 143 cm³/mol. The van der Waals surface area contributed by atoms with Gasteiger partial charge in [-0.15, -0.1) is 0 Å². The van der Waals surface area contributed by atoms with Crippen molar-refractivity contribution < 1.29 is 18.7 Å². The number of aliphatic imine (C=N–C) groups is 2. The van der Waals surface area contributed by atoms with Gasteiger partial charge in [0.15, 0.2) is 23.7 Å². The topological polar surface area (TPSA) is 66.7 Å². The maximum Gasteiger partial charge on any atom is 0.260 e. The number of carbonyl (C=O) groups excluding carboxylic acids is 1. The van der Waals surface area contributed by atoms with Crippen LogP contribution in [-0.2, 0) is 11.3 Å². The fraction of sp³-hybridized carbons (Fsp3) is 0.385. The van der Waals surface area contributed by atoms with E-state index in [1.807, 2.05) is 11.8 Å². The number of carbonyl (C=O) groups is 1. The van der Waals surface area contributed by atoms with Crippen LogP contribution in [-0.4, -0.2) is 70.6 Å². The lowest BCUT2D eigenvalue weighted by atomic mass is 10.1. The SMILES string of the molecule is C[C@@H]1CN(Cc2ccc(F)cc2)[C@@H](C)CN1C(=O)COc1ccc(Cl)cc1OC1(C)C=NC(=S)N=C1. The number of rotatable bonds is 7. The molecule has 2 aromatic rings. The van der Waals surface area contributed by atoms with Crippen molar-refractivity contribution in [2.24, 2.45) is 9.98 Å². The Morgan fingerprint density at radius 2 is 1.81 bits per heavy atom. The first kappa shape index (κ1) is 26.2. The van der Waals surface area contributed by atoms with E-state index in [2.05, 4.69) is 21.8 Å². The third-order valence-electron chi connectivity index (χ3n) is 6.18. The summed E-state index contributed by atoms with van der Waals surface area (Å²) in [5.41, 5.74) is 0.109. The zero-order chi connectivity index (χ0) is 25.9. The molecule has 0 spiro atoms. The highest BCUT2D eigenvalue weighted by Crippen LogP contribution is 2.33. The Labute approximate surface area is 220 Å². The number of benzene rings is 2. The fourth-order valence-corrected chi connectivity index (χ4v) is 4.48. The molecule has 1 amide bonds. The Kier molecular flexibility index (Phi) is 8.02. The summed E-state index contributed by atoms with van der Waals surface area (Å²) in [5, 5.41) is 0.692. The molecule has 2 aliphatic heterocycles. The zero-order valence-corrected chi connectivity index (χ0v) is 21.9. The zero-order valence-electron chi connectivity index (χ0n) is 20.4. The van der Waals surface area contributed by atoms with Gasteiger partial charge in [-0.05, 0) is 62.8 Å². The second-order valence-electron chi connectivity index (χ2n) is 9.26. The molecule has 1 fully saturated rings. The molecular formula is C26H28ClFN4O3S. The molecule has 0 saturated carbocycles. The number of thiocarbonyl (C=S) groups is 1. The molecule has 0 aliphatic carbocycles. The maximum atomic E-state index is 13.2. The highest BCUT2D eigenvalue weighted by atomic mass is 35.5. The molecule has 0 bridgehead atoms. The van der Waals surface area contributed by atoms with E-state index in [0.717, 1.165) is 5.56 Å². The molecule has 7 nitrogen and oxygen atoms in total. The molecular weight excluding hydrogens is 503 g/mol. The lowest BCUT2D eigenvalue weighted by molar-refractivity contribution is -0.139. The van der Waals surface area contributed by atoms with Gasteiger partial charge in [-0.25, -0.2) is 14.4 Å². The molecule has 2 aliphatic rings. The van der Waals surface area contributed by atoms with E-state index in [4.69, 9.17) is 33.3 Å². The van der Waals surface area contributed by atoms with E-state index in [9.17, 15) is 9.18 Å². The van der Waals surface area contributed by atoms with Crippen LogP contribution in [0.5, 0.6) is 11.5 Å². The van der Waals surface area contributed by atoms with Crippen LogP contribution >= 0.6 is 23.8 Å². The van der Waals surface area contributed by atoms with Crippen molar-refractivity contribution >= 4 is 47.3 Å². The van der Waals surface area contributed by atoms with Crippen LogP contribution in [0.2, 0.25) is 5.02 Å². The number of hydrogen-bond acceptors (Lipinski definition) is 5. The summed E-state index contributed by atoms with van der Waals surface area (Å²) in [5.74, 6) is 0.394. The van der Waals surface area contributed by atoms with Crippen molar-refractivity contribution in [1.29, 1.82) is 0 Å². The molecule has 10 heteroatoms. The molecule has 1 saturated heterocycles. The van der Waals surface area contributed by atoms with Gasteiger partial charge in [0, 0.05) is 42.8 Å². The number of amides is 1. The van der Waals surface area contributed by atoms with Crippen LogP contribution in [0, 0.1) is 5.82 Å². The lowest BCUT2D eigenvalue weighted by Gasteiger charge is -2.44. The normalized spacial score (nSPS) is 21.5. The number of nitrogens with zero attached hydrogens (tertiary/aromatic N) is 4. The first-order valence-corrected chi connectivity index (χ1v) is 12.4. The van der Waals surface area contributed by atoms with Gasteiger partial charge >= 0.3 is 0 Å². The summed E-state index contributed by atoms with van der Waals surface area (Å²) in [6.45, 7) is 7.72. The van der Waals surface area contributed by atoms with Crippen molar-refractivity contribution in [2.45, 2.75) is 45.0 Å². The molecule has 0 N–H and O–H groups in total. The highest BCUT2D eigenvalue weighted by Gasteiger charge is 2.32. The molecule has 2 atom stereocenters. The third-order valence-corrected chi connectivity index (χ3v) is 6.63. The largest absolute Gasteiger partial charge is 0.480 e. The van der Waals surface area contributed by atoms with Crippen LogP contribution in [0.25, 0.3) is 0 Å². The summed E-state index contributed by atoms with van der Waals surface area (Å²) >= 11 is 11.1. The summed E-state index contributed by atoms with van der Waals surface area (Å²) < 4.78 is 25.2. The van der Waals surface area contributed by atoms with E-state index in [1.165, 1.54) is 12.1 Å². The molecule has 2 heterocycles. The van der Waals surface area contributed by atoms with E-state index in [-0.39, 0.29) is 35.5 Å². The smallest absolute Gasteiger partial charge is 0.260 e. The number of piperazine rings is 1. The van der Waals surface area contributed by atoms with Crippen LogP contribution < -0.4 is 9.47 Å². The predicted octanol–water partition coefficient (Wildman–Crippen LogP) is 4.56. The molecule has 190 valence electrons. The number of ether oxygens (including phenoxy) is 2. The number of halogens is 2. The van der Waals surface area contributed by atoms with Gasteiger partial charge < -0.3 is 14.4 Å². The minimum absolute atomic E-state index is 0.00361. The van der Waals surface area contributed by atoms with Gasteiger partial charge in [0.2, 0.25) is 5.11 Å². The molecule has 36 heavy (non-hydrogen) atoms. The van der Waals surface area contributed by atoms with Crippen LogP contribution in [0.4, 0.5) is 4.39 Å². The first-order valence-electron chi connectivity index (χ1n) is 11.7. The molecule has 0 unspecified atom stereocenters. The second-order valence-corrected chi connectivity index (χ2v) is 10.1. The Morgan fingerprint density at radius 1 is 1.11 bits per heavy atom. The maximum absolute atomic E-state index is 13.2. The molecule has 0 aromatic heterocycles. The average Bonchev–Trinajstić information content (AvgIpc) is 2.84. The van der Waals surface area contributed by atoms with Crippen molar-refractivity contribution in [3.63, 3.8) is 0 Å². The van der Waals surface area contributed by atoms with Crippen molar-refractivity contribution in [3.8, 4) is 11.5 Å². The highest BCUT2D eigenvalue weighted by molar-refractivity contribution is 7.80. The van der Waals surface area contributed by atoms with Crippen molar-refractivity contribution in [2.75, 3.05) is 19.7 Å². The third kappa shape index (κ3) is 6.46. The van der Waals surface area contributed by atoms with E-state index in [0.29, 0.717) is 36.2 Å². The summed E-state index contributed by atoms with van der Waals surface area (Å²) in [7, 11) is 0. The van der Waals surface area contributed by atoms with Gasteiger partial charge in [0.05, 0.1) is 12.4 Å². The van der Waals surface area contributed by atoms with Crippen LogP contribution in [0.15, 0.2) is 52.4 Å². The van der Waals surface area contributed by atoms with Gasteiger partial charge in [-0.2, -0.15) is 0 Å². The quantitative estimate of drug-likeness (QED) is 0.491. The first-order chi connectivity index (χ1) is 17.1. The lowest BCUT2D eigenvalue weighted by Crippen LogP contribution is -2.58. The minimum atomic E-state index is -0.931. The summed E-state index contributed by atoms with van der Waals surface area (Å²) in [6, 6.07) is 11.6. The molecule has 4 rings (SSSR count).